The number of nitrogens with one attached hydrogen (secondary N) is 2. The van der Waals surface area contributed by atoms with Crippen molar-refractivity contribution in [2.24, 2.45) is 0 Å². The van der Waals surface area contributed by atoms with Gasteiger partial charge in [0.15, 0.2) is 0 Å². The third-order valence-corrected chi connectivity index (χ3v) is 5.06. The summed E-state index contributed by atoms with van der Waals surface area (Å²) >= 11 is 0. The Hall–Kier alpha value is -2.87. The average Bonchev–Trinajstić information content (AvgIpc) is 3.52. The molecule has 3 N–H and O–H groups in total. The summed E-state index contributed by atoms with van der Waals surface area (Å²) in [6, 6.07) is 12.5. The van der Waals surface area contributed by atoms with Crippen molar-refractivity contribution in [2.75, 3.05) is 6.61 Å². The number of alkyl halides is 3. The lowest BCUT2D eigenvalue weighted by molar-refractivity contribution is -0.137. The Kier molecular flexibility index (Phi) is 5.93. The molecule has 1 aliphatic carbocycles. The number of hydrogen-bond donors (Lipinski definition) is 3. The number of carbonyl (C=O) groups is 2. The van der Waals surface area contributed by atoms with E-state index in [9.17, 15) is 27.9 Å². The van der Waals surface area contributed by atoms with Crippen LogP contribution in [0.2, 0.25) is 0 Å². The van der Waals surface area contributed by atoms with Crippen LogP contribution < -0.4 is 10.6 Å². The number of benzene rings is 2. The molecule has 0 radical (unpaired) electrons. The molecule has 8 heteroatoms. The summed E-state index contributed by atoms with van der Waals surface area (Å²) in [4.78, 5) is 25.0. The lowest BCUT2D eigenvalue weighted by atomic mass is 9.94. The summed E-state index contributed by atoms with van der Waals surface area (Å²) in [5, 5.41) is 14.6. The Labute approximate surface area is 165 Å². The number of aliphatic hydroxyl groups excluding tert-OH is 1. The molecular weight excluding hydrogens is 385 g/mol. The van der Waals surface area contributed by atoms with Crippen molar-refractivity contribution in [3.8, 4) is 0 Å². The monoisotopic (exact) mass is 406 g/mol. The summed E-state index contributed by atoms with van der Waals surface area (Å²) < 4.78 is 37.8. The maximum atomic E-state index is 12.7. The predicted octanol–water partition coefficient (Wildman–Crippen LogP) is 2.53. The molecule has 2 amide bonds. The first-order chi connectivity index (χ1) is 13.8. The van der Waals surface area contributed by atoms with Gasteiger partial charge < -0.3 is 15.7 Å². The fourth-order valence-electron chi connectivity index (χ4n) is 3.14. The molecule has 2 aromatic carbocycles. The fourth-order valence-corrected chi connectivity index (χ4v) is 3.14. The molecule has 29 heavy (non-hydrogen) atoms. The molecule has 0 unspecified atom stereocenters. The fraction of sp³-hybridized carbons (Fsp3) is 0.333. The van der Waals surface area contributed by atoms with E-state index in [0.717, 1.165) is 17.7 Å². The molecular formula is C21H21F3N2O3. The highest BCUT2D eigenvalue weighted by atomic mass is 19.4. The van der Waals surface area contributed by atoms with Gasteiger partial charge in [0, 0.05) is 6.54 Å². The van der Waals surface area contributed by atoms with Crippen LogP contribution in [0.3, 0.4) is 0 Å². The normalized spacial score (nSPS) is 16.0. The van der Waals surface area contributed by atoms with Gasteiger partial charge in [0.1, 0.15) is 6.04 Å². The lowest BCUT2D eigenvalue weighted by Gasteiger charge is -2.21. The van der Waals surface area contributed by atoms with Gasteiger partial charge >= 0.3 is 6.18 Å². The van der Waals surface area contributed by atoms with Crippen LogP contribution in [0.15, 0.2) is 54.6 Å². The number of halogens is 3. The van der Waals surface area contributed by atoms with Crippen LogP contribution in [0.1, 0.15) is 29.5 Å². The number of amides is 2. The molecule has 2 aromatic rings. The minimum absolute atomic E-state index is 0.0207. The maximum absolute atomic E-state index is 12.7. The van der Waals surface area contributed by atoms with Crippen molar-refractivity contribution in [1.82, 2.24) is 10.6 Å². The standard InChI is InChI=1S/C21H21F3N2O3/c22-21(23,24)16-8-6-14(7-9-16)12-25-18(28)17(13-27)26-19(29)20(10-11-20)15-4-2-1-3-5-15/h1-9,17,27H,10-13H2,(H,25,28)(H,26,29)/t17-/m0/s1. The minimum Gasteiger partial charge on any atom is -0.394 e. The van der Waals surface area contributed by atoms with Crippen LogP contribution >= 0.6 is 0 Å². The van der Waals surface area contributed by atoms with E-state index in [1.165, 1.54) is 12.1 Å². The molecule has 0 bridgehead atoms. The largest absolute Gasteiger partial charge is 0.416 e. The van der Waals surface area contributed by atoms with Crippen LogP contribution in [0.25, 0.3) is 0 Å². The van der Waals surface area contributed by atoms with E-state index < -0.39 is 35.7 Å². The van der Waals surface area contributed by atoms with Gasteiger partial charge in [0.2, 0.25) is 11.8 Å². The van der Waals surface area contributed by atoms with E-state index in [2.05, 4.69) is 10.6 Å². The van der Waals surface area contributed by atoms with Crippen molar-refractivity contribution in [2.45, 2.75) is 37.0 Å². The molecule has 0 aliphatic heterocycles. The van der Waals surface area contributed by atoms with Crippen molar-refractivity contribution < 1.29 is 27.9 Å². The Morgan fingerprint density at radius 1 is 1.03 bits per heavy atom. The molecule has 0 spiro atoms. The van der Waals surface area contributed by atoms with Gasteiger partial charge in [-0.15, -0.1) is 0 Å². The number of hydrogen-bond acceptors (Lipinski definition) is 3. The van der Waals surface area contributed by atoms with Crippen molar-refractivity contribution in [3.05, 3.63) is 71.3 Å². The highest BCUT2D eigenvalue weighted by Gasteiger charge is 2.51. The smallest absolute Gasteiger partial charge is 0.394 e. The maximum Gasteiger partial charge on any atom is 0.416 e. The molecule has 1 fully saturated rings. The van der Waals surface area contributed by atoms with Crippen molar-refractivity contribution in [3.63, 3.8) is 0 Å². The number of carbonyl (C=O) groups excluding carboxylic acids is 2. The Morgan fingerprint density at radius 2 is 1.66 bits per heavy atom. The molecule has 0 aromatic heterocycles. The third kappa shape index (κ3) is 4.76. The zero-order valence-corrected chi connectivity index (χ0v) is 15.5. The quantitative estimate of drug-likeness (QED) is 0.661. The van der Waals surface area contributed by atoms with Gasteiger partial charge in [-0.25, -0.2) is 0 Å². The van der Waals surface area contributed by atoms with E-state index in [4.69, 9.17) is 0 Å². The van der Waals surface area contributed by atoms with Crippen LogP contribution in [0, 0.1) is 0 Å². The first kappa shape index (κ1) is 20.9. The van der Waals surface area contributed by atoms with Crippen LogP contribution in [-0.4, -0.2) is 29.6 Å². The second-order valence-electron chi connectivity index (χ2n) is 7.07. The zero-order chi connectivity index (χ0) is 21.1. The van der Waals surface area contributed by atoms with Gasteiger partial charge in [-0.05, 0) is 36.1 Å². The van der Waals surface area contributed by atoms with Crippen LogP contribution in [0.5, 0.6) is 0 Å². The summed E-state index contributed by atoms with van der Waals surface area (Å²) in [5.74, 6) is -0.933. The Balaban J connectivity index is 1.57. The molecule has 0 heterocycles. The Morgan fingerprint density at radius 3 is 2.17 bits per heavy atom. The van der Waals surface area contributed by atoms with E-state index in [1.807, 2.05) is 30.3 Å². The zero-order valence-electron chi connectivity index (χ0n) is 15.5. The van der Waals surface area contributed by atoms with Gasteiger partial charge in [-0.3, -0.25) is 9.59 Å². The lowest BCUT2D eigenvalue weighted by Crippen LogP contribution is -2.51. The molecule has 1 saturated carbocycles. The molecule has 0 saturated heterocycles. The third-order valence-electron chi connectivity index (χ3n) is 5.06. The number of rotatable bonds is 7. The average molecular weight is 406 g/mol. The van der Waals surface area contributed by atoms with Gasteiger partial charge in [-0.2, -0.15) is 13.2 Å². The summed E-state index contributed by atoms with van der Waals surface area (Å²) in [7, 11) is 0. The number of aliphatic hydroxyl groups is 1. The van der Waals surface area contributed by atoms with Crippen molar-refractivity contribution >= 4 is 11.8 Å². The van der Waals surface area contributed by atoms with Gasteiger partial charge in [0.05, 0.1) is 17.6 Å². The topological polar surface area (TPSA) is 78.4 Å². The minimum atomic E-state index is -4.43. The highest BCUT2D eigenvalue weighted by Crippen LogP contribution is 2.48. The summed E-state index contributed by atoms with van der Waals surface area (Å²) in [5.41, 5.74) is -0.122. The van der Waals surface area contributed by atoms with E-state index in [1.54, 1.807) is 0 Å². The van der Waals surface area contributed by atoms with Gasteiger partial charge in [-0.1, -0.05) is 42.5 Å². The van der Waals surface area contributed by atoms with Gasteiger partial charge in [0.25, 0.3) is 0 Å². The van der Waals surface area contributed by atoms with Crippen LogP contribution in [0.4, 0.5) is 13.2 Å². The molecule has 5 nitrogen and oxygen atoms in total. The van der Waals surface area contributed by atoms with Crippen molar-refractivity contribution in [1.29, 1.82) is 0 Å². The van der Waals surface area contributed by atoms with E-state index in [-0.39, 0.29) is 12.5 Å². The molecule has 154 valence electrons. The molecule has 3 rings (SSSR count). The first-order valence-electron chi connectivity index (χ1n) is 9.17. The molecule has 1 aliphatic rings. The SMILES string of the molecule is O=C(NCc1ccc(C(F)(F)F)cc1)[C@H](CO)NC(=O)C1(c2ccccc2)CC1. The van der Waals surface area contributed by atoms with E-state index >= 15 is 0 Å². The highest BCUT2D eigenvalue weighted by molar-refractivity contribution is 5.95. The Bertz CT molecular complexity index is 863. The summed E-state index contributed by atoms with van der Waals surface area (Å²) in [6.07, 6.45) is -3.10. The second kappa shape index (κ2) is 8.24. The summed E-state index contributed by atoms with van der Waals surface area (Å²) in [6.45, 7) is -0.609. The molecule has 1 atom stereocenters. The first-order valence-corrected chi connectivity index (χ1v) is 9.17. The van der Waals surface area contributed by atoms with Crippen LogP contribution in [-0.2, 0) is 27.7 Å². The van der Waals surface area contributed by atoms with E-state index in [0.29, 0.717) is 18.4 Å². The predicted molar refractivity (Wildman–Crippen MR) is 99.7 cm³/mol. The second-order valence-corrected chi connectivity index (χ2v) is 7.07.